The Morgan fingerprint density at radius 1 is 1.29 bits per heavy atom. The summed E-state index contributed by atoms with van der Waals surface area (Å²) in [7, 11) is 0. The molecule has 2 N–H and O–H groups in total. The molecule has 1 fully saturated rings. The van der Waals surface area contributed by atoms with Crippen molar-refractivity contribution in [2.24, 2.45) is 5.41 Å². The van der Waals surface area contributed by atoms with Crippen molar-refractivity contribution >= 4 is 16.8 Å². The third-order valence-corrected chi connectivity index (χ3v) is 4.81. The van der Waals surface area contributed by atoms with Gasteiger partial charge in [0.15, 0.2) is 0 Å². The lowest BCUT2D eigenvalue weighted by Crippen LogP contribution is -2.51. The summed E-state index contributed by atoms with van der Waals surface area (Å²) in [6.07, 6.45) is 1.35. The minimum Gasteiger partial charge on any atom is -0.391 e. The Morgan fingerprint density at radius 3 is 2.67 bits per heavy atom. The summed E-state index contributed by atoms with van der Waals surface area (Å²) in [4.78, 5) is 16.9. The van der Waals surface area contributed by atoms with Crippen LogP contribution in [0, 0.1) is 5.41 Å². The zero-order chi connectivity index (χ0) is 17.3. The number of hydrogen-bond acceptors (Lipinski definition) is 4. The predicted molar refractivity (Wildman–Crippen MR) is 93.9 cm³/mol. The number of piperazine rings is 1. The van der Waals surface area contributed by atoms with Crippen molar-refractivity contribution in [1.29, 1.82) is 0 Å². The van der Waals surface area contributed by atoms with Crippen LogP contribution in [0.4, 0.5) is 0 Å². The quantitative estimate of drug-likeness (QED) is 0.899. The van der Waals surface area contributed by atoms with Gasteiger partial charge < -0.3 is 10.0 Å². The molecule has 6 heteroatoms. The van der Waals surface area contributed by atoms with Gasteiger partial charge in [-0.2, -0.15) is 5.10 Å². The average Bonchev–Trinajstić information content (AvgIpc) is 3.02. The van der Waals surface area contributed by atoms with Gasteiger partial charge in [-0.1, -0.05) is 26.8 Å². The molecule has 0 bridgehead atoms. The van der Waals surface area contributed by atoms with E-state index in [0.29, 0.717) is 25.2 Å². The lowest BCUT2D eigenvalue weighted by Gasteiger charge is -2.38. The second-order valence-electron chi connectivity index (χ2n) is 7.61. The second-order valence-corrected chi connectivity index (χ2v) is 7.61. The van der Waals surface area contributed by atoms with E-state index in [1.54, 1.807) is 6.20 Å². The molecule has 1 aromatic heterocycles. The molecule has 1 atom stereocenters. The zero-order valence-corrected chi connectivity index (χ0v) is 14.6. The van der Waals surface area contributed by atoms with Crippen LogP contribution in [0.2, 0.25) is 0 Å². The van der Waals surface area contributed by atoms with E-state index in [1.165, 1.54) is 0 Å². The second kappa shape index (κ2) is 6.53. The molecule has 0 spiro atoms. The molecule has 0 unspecified atom stereocenters. The number of carbonyl (C=O) groups is 1. The van der Waals surface area contributed by atoms with Crippen LogP contribution in [-0.2, 0) is 0 Å². The summed E-state index contributed by atoms with van der Waals surface area (Å²) < 4.78 is 0. The summed E-state index contributed by atoms with van der Waals surface area (Å²) >= 11 is 0. The lowest BCUT2D eigenvalue weighted by atomic mass is 9.89. The smallest absolute Gasteiger partial charge is 0.254 e. The van der Waals surface area contributed by atoms with E-state index in [4.69, 9.17) is 0 Å². The topological polar surface area (TPSA) is 72.5 Å². The van der Waals surface area contributed by atoms with Gasteiger partial charge in [-0.25, -0.2) is 0 Å². The predicted octanol–water partition coefficient (Wildman–Crippen LogP) is 1.73. The number of aliphatic hydroxyl groups excluding tert-OH is 1. The van der Waals surface area contributed by atoms with Gasteiger partial charge in [-0.3, -0.25) is 14.8 Å². The Hall–Kier alpha value is -1.92. The van der Waals surface area contributed by atoms with Crippen LogP contribution in [0.15, 0.2) is 24.4 Å². The van der Waals surface area contributed by atoms with Gasteiger partial charge in [0.2, 0.25) is 0 Å². The average molecular weight is 330 g/mol. The number of β-amino-alcohol motifs (C(OH)–C–C–N with tert-alkyl or cyclic N) is 1. The zero-order valence-electron chi connectivity index (χ0n) is 14.6. The molecule has 2 aromatic rings. The first-order chi connectivity index (χ1) is 11.4. The number of hydrogen-bond donors (Lipinski definition) is 2. The van der Waals surface area contributed by atoms with Crippen molar-refractivity contribution in [1.82, 2.24) is 20.0 Å². The largest absolute Gasteiger partial charge is 0.391 e. The van der Waals surface area contributed by atoms with Gasteiger partial charge in [-0.05, 0) is 17.5 Å². The summed E-state index contributed by atoms with van der Waals surface area (Å²) in [5.41, 5.74) is 1.46. The fraction of sp³-hybridized carbons (Fsp3) is 0.556. The maximum atomic E-state index is 12.8. The first-order valence-electron chi connectivity index (χ1n) is 8.48. The van der Waals surface area contributed by atoms with E-state index < -0.39 is 0 Å². The number of H-pyrrole nitrogens is 1. The number of aromatic nitrogens is 2. The molecule has 0 radical (unpaired) electrons. The summed E-state index contributed by atoms with van der Waals surface area (Å²) in [5, 5.41) is 18.1. The molecule has 24 heavy (non-hydrogen) atoms. The Balaban J connectivity index is 1.62. The van der Waals surface area contributed by atoms with Crippen molar-refractivity contribution in [3.05, 3.63) is 30.0 Å². The number of nitrogens with zero attached hydrogens (tertiary/aromatic N) is 3. The highest BCUT2D eigenvalue weighted by atomic mass is 16.3. The molecule has 2 heterocycles. The SMILES string of the molecule is CC(C)(C)[C@@H](O)CN1CCN(C(=O)c2cccc3[nH]ncc23)CC1. The Kier molecular flexibility index (Phi) is 4.60. The molecular formula is C18H26N4O2. The molecule has 130 valence electrons. The number of fused-ring (bicyclic) bond motifs is 1. The highest BCUT2D eigenvalue weighted by Gasteiger charge is 2.28. The van der Waals surface area contributed by atoms with Crippen molar-refractivity contribution in [2.45, 2.75) is 26.9 Å². The Labute approximate surface area is 142 Å². The fourth-order valence-electron chi connectivity index (χ4n) is 2.98. The van der Waals surface area contributed by atoms with Crippen LogP contribution in [0.25, 0.3) is 10.9 Å². The molecule has 1 aromatic carbocycles. The maximum Gasteiger partial charge on any atom is 0.254 e. The molecule has 1 aliphatic rings. The number of nitrogens with one attached hydrogen (secondary N) is 1. The van der Waals surface area contributed by atoms with Crippen molar-refractivity contribution < 1.29 is 9.90 Å². The van der Waals surface area contributed by atoms with E-state index >= 15 is 0 Å². The number of rotatable bonds is 3. The highest BCUT2D eigenvalue weighted by molar-refractivity contribution is 6.06. The third-order valence-electron chi connectivity index (χ3n) is 4.81. The van der Waals surface area contributed by atoms with Gasteiger partial charge in [0.25, 0.3) is 5.91 Å². The number of amides is 1. The van der Waals surface area contributed by atoms with Gasteiger partial charge in [0.05, 0.1) is 23.4 Å². The van der Waals surface area contributed by atoms with Crippen molar-refractivity contribution in [2.75, 3.05) is 32.7 Å². The number of aromatic amines is 1. The highest BCUT2D eigenvalue weighted by Crippen LogP contribution is 2.21. The van der Waals surface area contributed by atoms with Crippen LogP contribution >= 0.6 is 0 Å². The van der Waals surface area contributed by atoms with Gasteiger partial charge in [-0.15, -0.1) is 0 Å². The molecule has 0 saturated carbocycles. The third kappa shape index (κ3) is 3.44. The van der Waals surface area contributed by atoms with Crippen LogP contribution in [-0.4, -0.2) is 69.8 Å². The van der Waals surface area contributed by atoms with E-state index in [0.717, 1.165) is 24.0 Å². The normalized spacial score (nSPS) is 18.1. The molecule has 1 aliphatic heterocycles. The van der Waals surface area contributed by atoms with Gasteiger partial charge in [0, 0.05) is 38.1 Å². The minimum atomic E-state index is -0.362. The number of carbonyl (C=O) groups excluding carboxylic acids is 1. The van der Waals surface area contributed by atoms with Gasteiger partial charge >= 0.3 is 0 Å². The standard InChI is InChI=1S/C18H26N4O2/c1-18(2,3)16(23)12-21-7-9-22(10-8-21)17(24)13-5-4-6-15-14(13)11-19-20-15/h4-6,11,16,23H,7-10,12H2,1-3H3,(H,19,20)/t16-/m0/s1. The van der Waals surface area contributed by atoms with E-state index in [2.05, 4.69) is 15.1 Å². The minimum absolute atomic E-state index is 0.0537. The molecule has 3 rings (SSSR count). The molecular weight excluding hydrogens is 304 g/mol. The summed E-state index contributed by atoms with van der Waals surface area (Å²) in [6.45, 7) is 9.74. The lowest BCUT2D eigenvalue weighted by molar-refractivity contribution is 0.0137. The molecule has 1 amide bonds. The van der Waals surface area contributed by atoms with E-state index in [-0.39, 0.29) is 17.4 Å². The number of benzene rings is 1. The van der Waals surface area contributed by atoms with Crippen molar-refractivity contribution in [3.8, 4) is 0 Å². The fourth-order valence-corrected chi connectivity index (χ4v) is 2.98. The monoisotopic (exact) mass is 330 g/mol. The first-order valence-corrected chi connectivity index (χ1v) is 8.48. The summed E-state index contributed by atoms with van der Waals surface area (Å²) in [6, 6.07) is 5.66. The van der Waals surface area contributed by atoms with Crippen LogP contribution in [0.3, 0.4) is 0 Å². The summed E-state index contributed by atoms with van der Waals surface area (Å²) in [5.74, 6) is 0.0537. The number of aliphatic hydroxyl groups is 1. The van der Waals surface area contributed by atoms with Crippen LogP contribution in [0.1, 0.15) is 31.1 Å². The van der Waals surface area contributed by atoms with Gasteiger partial charge in [0.1, 0.15) is 0 Å². The molecule has 6 nitrogen and oxygen atoms in total. The van der Waals surface area contributed by atoms with Crippen molar-refractivity contribution in [3.63, 3.8) is 0 Å². The Bertz CT molecular complexity index is 711. The Morgan fingerprint density at radius 2 is 2.00 bits per heavy atom. The van der Waals surface area contributed by atoms with Crippen LogP contribution in [0.5, 0.6) is 0 Å². The molecule has 0 aliphatic carbocycles. The molecule has 1 saturated heterocycles. The first kappa shape index (κ1) is 16.9. The van der Waals surface area contributed by atoms with Crippen LogP contribution < -0.4 is 0 Å². The maximum absolute atomic E-state index is 12.8. The van der Waals surface area contributed by atoms with E-state index in [9.17, 15) is 9.90 Å². The van der Waals surface area contributed by atoms with E-state index in [1.807, 2.05) is 43.9 Å².